The van der Waals surface area contributed by atoms with Crippen LogP contribution in [-0.2, 0) is 11.2 Å². The van der Waals surface area contributed by atoms with E-state index in [4.69, 9.17) is 4.74 Å². The minimum Gasteiger partial charge on any atom is -0.457 e. The van der Waals surface area contributed by atoms with E-state index in [1.54, 1.807) is 37.5 Å². The van der Waals surface area contributed by atoms with E-state index in [1.165, 1.54) is 12.5 Å². The quantitative estimate of drug-likeness (QED) is 0.518. The van der Waals surface area contributed by atoms with Crippen molar-refractivity contribution in [3.05, 3.63) is 52.3 Å². The van der Waals surface area contributed by atoms with Gasteiger partial charge >= 0.3 is 0 Å². The van der Waals surface area contributed by atoms with Crippen LogP contribution in [0, 0.1) is 22.0 Å². The van der Waals surface area contributed by atoms with Crippen LogP contribution in [-0.4, -0.2) is 47.3 Å². The number of Topliss-reactive ketones (excluding diaryl/α,β-unsaturated/α-hetero) is 1. The van der Waals surface area contributed by atoms with Crippen LogP contribution in [0.15, 0.2) is 36.5 Å². The van der Waals surface area contributed by atoms with Gasteiger partial charge in [-0.2, -0.15) is 0 Å². The molecule has 160 valence electrons. The molecule has 1 aliphatic rings. The lowest BCUT2D eigenvalue weighted by Crippen LogP contribution is -2.41. The third kappa shape index (κ3) is 5.76. The first-order valence-electron chi connectivity index (χ1n) is 10.2. The van der Waals surface area contributed by atoms with Crippen LogP contribution < -0.4 is 10.1 Å². The summed E-state index contributed by atoms with van der Waals surface area (Å²) < 4.78 is 5.78. The number of nitro groups is 1. The largest absolute Gasteiger partial charge is 0.457 e. The molecule has 0 spiro atoms. The molecule has 0 aliphatic carbocycles. The van der Waals surface area contributed by atoms with Crippen molar-refractivity contribution in [2.45, 2.75) is 26.7 Å². The molecule has 8 heteroatoms. The van der Waals surface area contributed by atoms with Crippen LogP contribution in [0.5, 0.6) is 11.5 Å². The van der Waals surface area contributed by atoms with Crippen LogP contribution in [0.25, 0.3) is 0 Å². The number of aromatic nitrogens is 1. The molecular formula is C22H28N4O4. The molecule has 1 N–H and O–H groups in total. The SMILES string of the molecule is CNc1ccc(Oc2ccnc(CC(=O)CN3CC(C)CC(C)C3)c2)cc1[N+](=O)[O-]. The minimum absolute atomic E-state index is 0.0653. The maximum absolute atomic E-state index is 12.5. The molecule has 0 amide bonds. The first-order valence-corrected chi connectivity index (χ1v) is 10.2. The van der Waals surface area contributed by atoms with Gasteiger partial charge in [-0.15, -0.1) is 0 Å². The van der Waals surface area contributed by atoms with Gasteiger partial charge in [0.15, 0.2) is 5.78 Å². The van der Waals surface area contributed by atoms with Gasteiger partial charge in [0, 0.05) is 32.4 Å². The Bertz CT molecular complexity index is 908. The molecule has 1 aromatic heterocycles. The van der Waals surface area contributed by atoms with Gasteiger partial charge in [-0.25, -0.2) is 0 Å². The Hall–Kier alpha value is -3.00. The van der Waals surface area contributed by atoms with E-state index in [0.29, 0.717) is 41.3 Å². The Morgan fingerprint density at radius 1 is 1.23 bits per heavy atom. The highest BCUT2D eigenvalue weighted by molar-refractivity contribution is 5.82. The maximum Gasteiger partial charge on any atom is 0.296 e. The predicted octanol–water partition coefficient (Wildman–Crippen LogP) is 3.91. The van der Waals surface area contributed by atoms with E-state index >= 15 is 0 Å². The topological polar surface area (TPSA) is 97.6 Å². The molecule has 0 radical (unpaired) electrons. The van der Waals surface area contributed by atoms with E-state index in [-0.39, 0.29) is 17.9 Å². The van der Waals surface area contributed by atoms with Crippen LogP contribution in [0.3, 0.4) is 0 Å². The monoisotopic (exact) mass is 412 g/mol. The number of ether oxygens (including phenoxy) is 1. The molecule has 0 saturated carbocycles. The molecule has 2 aromatic rings. The Morgan fingerprint density at radius 3 is 2.60 bits per heavy atom. The van der Waals surface area contributed by atoms with Crippen molar-refractivity contribution in [1.29, 1.82) is 0 Å². The summed E-state index contributed by atoms with van der Waals surface area (Å²) in [6.45, 7) is 6.78. The van der Waals surface area contributed by atoms with Crippen molar-refractivity contribution in [2.24, 2.45) is 11.8 Å². The zero-order chi connectivity index (χ0) is 21.7. The Morgan fingerprint density at radius 2 is 1.93 bits per heavy atom. The molecule has 0 bridgehead atoms. The number of nitrogens with one attached hydrogen (secondary N) is 1. The van der Waals surface area contributed by atoms with Crippen molar-refractivity contribution >= 4 is 17.2 Å². The molecule has 1 aliphatic heterocycles. The van der Waals surface area contributed by atoms with Crippen molar-refractivity contribution in [1.82, 2.24) is 9.88 Å². The molecule has 2 atom stereocenters. The number of anilines is 1. The summed E-state index contributed by atoms with van der Waals surface area (Å²) in [5, 5.41) is 14.0. The fraction of sp³-hybridized carbons (Fsp3) is 0.455. The summed E-state index contributed by atoms with van der Waals surface area (Å²) in [7, 11) is 1.63. The lowest BCUT2D eigenvalue weighted by Gasteiger charge is -2.34. The van der Waals surface area contributed by atoms with Crippen LogP contribution in [0.4, 0.5) is 11.4 Å². The summed E-state index contributed by atoms with van der Waals surface area (Å²) in [4.78, 5) is 29.8. The van der Waals surface area contributed by atoms with Crippen LogP contribution in [0.2, 0.25) is 0 Å². The number of piperidine rings is 1. The lowest BCUT2D eigenvalue weighted by atomic mass is 9.92. The van der Waals surface area contributed by atoms with Gasteiger partial charge in [0.2, 0.25) is 0 Å². The minimum atomic E-state index is -0.461. The van der Waals surface area contributed by atoms with E-state index in [1.807, 2.05) is 0 Å². The number of benzene rings is 1. The second kappa shape index (κ2) is 9.67. The van der Waals surface area contributed by atoms with Gasteiger partial charge in [-0.1, -0.05) is 13.8 Å². The molecular weight excluding hydrogens is 384 g/mol. The highest BCUT2D eigenvalue weighted by Crippen LogP contribution is 2.31. The molecule has 1 aromatic carbocycles. The lowest BCUT2D eigenvalue weighted by molar-refractivity contribution is -0.384. The van der Waals surface area contributed by atoms with Gasteiger partial charge < -0.3 is 10.1 Å². The second-order valence-electron chi connectivity index (χ2n) is 8.13. The van der Waals surface area contributed by atoms with E-state index in [9.17, 15) is 14.9 Å². The van der Waals surface area contributed by atoms with E-state index in [2.05, 4.69) is 29.0 Å². The smallest absolute Gasteiger partial charge is 0.296 e. The maximum atomic E-state index is 12.5. The van der Waals surface area contributed by atoms with Crippen molar-refractivity contribution < 1.29 is 14.5 Å². The van der Waals surface area contributed by atoms with E-state index in [0.717, 1.165) is 13.1 Å². The van der Waals surface area contributed by atoms with Gasteiger partial charge in [0.25, 0.3) is 5.69 Å². The van der Waals surface area contributed by atoms with Gasteiger partial charge in [0.1, 0.15) is 17.2 Å². The van der Waals surface area contributed by atoms with Crippen molar-refractivity contribution in [3.8, 4) is 11.5 Å². The second-order valence-corrected chi connectivity index (χ2v) is 8.13. The number of likely N-dealkylation sites (tertiary alicyclic amines) is 1. The fourth-order valence-electron chi connectivity index (χ4n) is 4.12. The molecule has 2 heterocycles. The molecule has 8 nitrogen and oxygen atoms in total. The summed E-state index contributed by atoms with van der Waals surface area (Å²) in [6, 6.07) is 8.00. The average Bonchev–Trinajstić information content (AvgIpc) is 2.67. The Kier molecular flexibility index (Phi) is 6.99. The Balaban J connectivity index is 1.64. The number of hydrogen-bond donors (Lipinski definition) is 1. The number of carbonyl (C=O) groups excluding carboxylic acids is 1. The fourth-order valence-corrected chi connectivity index (χ4v) is 4.12. The van der Waals surface area contributed by atoms with Crippen molar-refractivity contribution in [3.63, 3.8) is 0 Å². The van der Waals surface area contributed by atoms with E-state index < -0.39 is 4.92 Å². The average molecular weight is 412 g/mol. The zero-order valence-electron chi connectivity index (χ0n) is 17.6. The highest BCUT2D eigenvalue weighted by Gasteiger charge is 2.23. The van der Waals surface area contributed by atoms with Gasteiger partial charge in [-0.05, 0) is 36.5 Å². The molecule has 2 unspecified atom stereocenters. The molecule has 30 heavy (non-hydrogen) atoms. The number of hydrogen-bond acceptors (Lipinski definition) is 7. The highest BCUT2D eigenvalue weighted by atomic mass is 16.6. The molecule has 1 saturated heterocycles. The Labute approximate surface area is 176 Å². The van der Waals surface area contributed by atoms with Crippen LogP contribution in [0.1, 0.15) is 26.0 Å². The number of ketones is 1. The molecule has 1 fully saturated rings. The number of carbonyl (C=O) groups is 1. The normalized spacial score (nSPS) is 19.3. The zero-order valence-corrected chi connectivity index (χ0v) is 17.6. The number of nitrogens with zero attached hydrogens (tertiary/aromatic N) is 3. The van der Waals surface area contributed by atoms with Crippen molar-refractivity contribution in [2.75, 3.05) is 32.0 Å². The third-order valence-electron chi connectivity index (χ3n) is 5.18. The third-order valence-corrected chi connectivity index (χ3v) is 5.18. The van der Waals surface area contributed by atoms with Crippen LogP contribution >= 0.6 is 0 Å². The molecule has 3 rings (SSSR count). The van der Waals surface area contributed by atoms with Gasteiger partial charge in [0.05, 0.1) is 29.6 Å². The first-order chi connectivity index (χ1) is 14.3. The number of rotatable bonds is 8. The number of nitro benzene ring substituents is 1. The first kappa shape index (κ1) is 21.7. The summed E-state index contributed by atoms with van der Waals surface area (Å²) in [6.07, 6.45) is 3.02. The summed E-state index contributed by atoms with van der Waals surface area (Å²) >= 11 is 0. The number of pyridine rings is 1. The predicted molar refractivity (Wildman–Crippen MR) is 115 cm³/mol. The standard InChI is InChI=1S/C22H28N4O4/c1-15-8-16(2)13-25(12-15)14-18(27)9-17-10-20(6-7-24-17)30-19-4-5-21(23-3)22(11-19)26(28)29/h4-7,10-11,15-16,23H,8-9,12-14H2,1-3H3. The summed E-state index contributed by atoms with van der Waals surface area (Å²) in [5.74, 6) is 2.17. The summed E-state index contributed by atoms with van der Waals surface area (Å²) in [5.41, 5.74) is 0.969. The van der Waals surface area contributed by atoms with Gasteiger partial charge in [-0.3, -0.25) is 24.8 Å².